The summed E-state index contributed by atoms with van der Waals surface area (Å²) in [5.41, 5.74) is 0.858. The summed E-state index contributed by atoms with van der Waals surface area (Å²) >= 11 is 0. The Morgan fingerprint density at radius 2 is 2.00 bits per heavy atom. The molecule has 2 rings (SSSR count). The Labute approximate surface area is 118 Å². The number of hydrogen-bond acceptors (Lipinski definition) is 3. The predicted octanol–water partition coefficient (Wildman–Crippen LogP) is 1.78. The molecule has 1 aromatic carbocycles. The highest BCUT2D eigenvalue weighted by atomic mass is 16.4. The molecule has 5 nitrogen and oxygen atoms in total. The molecule has 20 heavy (non-hydrogen) atoms. The van der Waals surface area contributed by atoms with E-state index >= 15 is 0 Å². The van der Waals surface area contributed by atoms with Crippen molar-refractivity contribution in [1.82, 2.24) is 5.32 Å². The van der Waals surface area contributed by atoms with Crippen LogP contribution < -0.4 is 10.6 Å². The average Bonchev–Trinajstić information content (AvgIpc) is 2.88. The maximum atomic E-state index is 12.3. The van der Waals surface area contributed by atoms with Crippen molar-refractivity contribution in [3.05, 3.63) is 29.8 Å². The second kappa shape index (κ2) is 5.53. The number of benzene rings is 1. The van der Waals surface area contributed by atoms with Crippen molar-refractivity contribution in [2.24, 2.45) is 0 Å². The molecule has 0 aromatic heterocycles. The van der Waals surface area contributed by atoms with E-state index in [1.807, 2.05) is 24.3 Å². The summed E-state index contributed by atoms with van der Waals surface area (Å²) in [4.78, 5) is 23.7. The Kier molecular flexibility index (Phi) is 3.97. The summed E-state index contributed by atoms with van der Waals surface area (Å²) in [7, 11) is 0. The first-order valence-electron chi connectivity index (χ1n) is 6.92. The van der Waals surface area contributed by atoms with E-state index in [1.165, 1.54) is 0 Å². The third-order valence-corrected chi connectivity index (χ3v) is 4.07. The lowest BCUT2D eigenvalue weighted by Gasteiger charge is -2.29. The van der Waals surface area contributed by atoms with Crippen LogP contribution in [0.3, 0.4) is 0 Å². The Morgan fingerprint density at radius 3 is 2.55 bits per heavy atom. The Bertz CT molecular complexity index is 499. The maximum absolute atomic E-state index is 12.3. The standard InChI is InChI=1S/C15H20N2O3/c1-3-15(4-2,14(19)20)17-13(18)12-9-10-7-5-6-8-11(10)16-12/h5-8,12,16H,3-4,9H2,1-2H3,(H,17,18)(H,19,20)/t12-/m0/s1. The number of para-hydroxylation sites is 1. The number of anilines is 1. The van der Waals surface area contributed by atoms with Crippen LogP contribution in [0.5, 0.6) is 0 Å². The van der Waals surface area contributed by atoms with E-state index in [9.17, 15) is 14.7 Å². The molecule has 0 spiro atoms. The Hall–Kier alpha value is -2.04. The molecule has 1 heterocycles. The summed E-state index contributed by atoms with van der Waals surface area (Å²) in [5.74, 6) is -1.24. The first kappa shape index (κ1) is 14.4. The highest BCUT2D eigenvalue weighted by molar-refractivity contribution is 5.92. The zero-order chi connectivity index (χ0) is 14.8. The van der Waals surface area contributed by atoms with Gasteiger partial charge in [0.25, 0.3) is 0 Å². The minimum Gasteiger partial charge on any atom is -0.480 e. The summed E-state index contributed by atoms with van der Waals surface area (Å²) in [6, 6.07) is 7.34. The van der Waals surface area contributed by atoms with Crippen LogP contribution in [0, 0.1) is 0 Å². The summed E-state index contributed by atoms with van der Waals surface area (Å²) < 4.78 is 0. The SMILES string of the molecule is CCC(CC)(NC(=O)[C@@H]1Cc2ccccc2N1)C(=O)O. The Balaban J connectivity index is 2.09. The number of carbonyl (C=O) groups excluding carboxylic acids is 1. The van der Waals surface area contributed by atoms with Crippen LogP contribution in [0.1, 0.15) is 32.3 Å². The van der Waals surface area contributed by atoms with Crippen molar-refractivity contribution in [3.63, 3.8) is 0 Å². The molecule has 1 amide bonds. The van der Waals surface area contributed by atoms with E-state index in [0.29, 0.717) is 19.3 Å². The van der Waals surface area contributed by atoms with Gasteiger partial charge in [-0.3, -0.25) is 4.79 Å². The van der Waals surface area contributed by atoms with Crippen molar-refractivity contribution in [2.75, 3.05) is 5.32 Å². The smallest absolute Gasteiger partial charge is 0.329 e. The van der Waals surface area contributed by atoms with Crippen LogP contribution in [0.2, 0.25) is 0 Å². The molecule has 0 saturated heterocycles. The minimum atomic E-state index is -1.17. The first-order valence-corrected chi connectivity index (χ1v) is 6.92. The number of carbonyl (C=O) groups is 2. The van der Waals surface area contributed by atoms with Crippen LogP contribution in [0.25, 0.3) is 0 Å². The van der Waals surface area contributed by atoms with Gasteiger partial charge in [0.2, 0.25) is 5.91 Å². The van der Waals surface area contributed by atoms with Gasteiger partial charge in [0.1, 0.15) is 11.6 Å². The summed E-state index contributed by atoms with van der Waals surface area (Å²) in [6.07, 6.45) is 1.32. The fourth-order valence-electron chi connectivity index (χ4n) is 2.56. The van der Waals surface area contributed by atoms with Crippen molar-refractivity contribution in [3.8, 4) is 0 Å². The number of rotatable bonds is 5. The number of hydrogen-bond donors (Lipinski definition) is 3. The van der Waals surface area contributed by atoms with Gasteiger partial charge in [-0.1, -0.05) is 32.0 Å². The number of aliphatic carboxylic acids is 1. The molecule has 0 saturated carbocycles. The van der Waals surface area contributed by atoms with Gasteiger partial charge in [-0.2, -0.15) is 0 Å². The zero-order valence-corrected chi connectivity index (χ0v) is 11.8. The molecule has 0 unspecified atom stereocenters. The maximum Gasteiger partial charge on any atom is 0.329 e. The van der Waals surface area contributed by atoms with Gasteiger partial charge in [0, 0.05) is 12.1 Å². The molecule has 0 bridgehead atoms. The van der Waals surface area contributed by atoms with E-state index in [2.05, 4.69) is 10.6 Å². The molecule has 1 atom stereocenters. The first-order chi connectivity index (χ1) is 9.52. The number of carboxylic acid groups (broad SMARTS) is 1. The van der Waals surface area contributed by atoms with E-state index in [1.54, 1.807) is 13.8 Å². The fourth-order valence-corrected chi connectivity index (χ4v) is 2.56. The molecule has 1 aromatic rings. The van der Waals surface area contributed by atoms with Crippen LogP contribution in [0.4, 0.5) is 5.69 Å². The lowest BCUT2D eigenvalue weighted by molar-refractivity contribution is -0.148. The predicted molar refractivity (Wildman–Crippen MR) is 76.6 cm³/mol. The van der Waals surface area contributed by atoms with Crippen molar-refractivity contribution < 1.29 is 14.7 Å². The van der Waals surface area contributed by atoms with Crippen molar-refractivity contribution in [2.45, 2.75) is 44.7 Å². The molecule has 5 heteroatoms. The second-order valence-electron chi connectivity index (χ2n) is 5.14. The van der Waals surface area contributed by atoms with Gasteiger partial charge < -0.3 is 15.7 Å². The van der Waals surface area contributed by atoms with Crippen LogP contribution in [-0.4, -0.2) is 28.6 Å². The Morgan fingerprint density at radius 1 is 1.35 bits per heavy atom. The van der Waals surface area contributed by atoms with Gasteiger partial charge >= 0.3 is 5.97 Å². The molecule has 3 N–H and O–H groups in total. The second-order valence-corrected chi connectivity index (χ2v) is 5.14. The highest BCUT2D eigenvalue weighted by Crippen LogP contribution is 2.26. The van der Waals surface area contributed by atoms with Gasteiger partial charge in [0.05, 0.1) is 0 Å². The number of fused-ring (bicyclic) bond motifs is 1. The quantitative estimate of drug-likeness (QED) is 0.766. The monoisotopic (exact) mass is 276 g/mol. The largest absolute Gasteiger partial charge is 0.480 e. The third-order valence-electron chi connectivity index (χ3n) is 4.07. The number of amides is 1. The highest BCUT2D eigenvalue weighted by Gasteiger charge is 2.39. The van der Waals surface area contributed by atoms with Gasteiger partial charge in [-0.25, -0.2) is 4.79 Å². The van der Waals surface area contributed by atoms with E-state index in [-0.39, 0.29) is 5.91 Å². The van der Waals surface area contributed by atoms with Gasteiger partial charge in [-0.05, 0) is 24.5 Å². The topological polar surface area (TPSA) is 78.4 Å². The molecule has 1 aliphatic heterocycles. The molecule has 0 aliphatic carbocycles. The minimum absolute atomic E-state index is 0.257. The normalized spacial score (nSPS) is 17.2. The number of nitrogens with one attached hydrogen (secondary N) is 2. The van der Waals surface area contributed by atoms with Gasteiger partial charge in [0.15, 0.2) is 0 Å². The number of carboxylic acids is 1. The van der Waals surface area contributed by atoms with Crippen molar-refractivity contribution in [1.29, 1.82) is 0 Å². The van der Waals surface area contributed by atoms with Crippen LogP contribution in [0.15, 0.2) is 24.3 Å². The van der Waals surface area contributed by atoms with E-state index in [4.69, 9.17) is 0 Å². The van der Waals surface area contributed by atoms with Crippen molar-refractivity contribution >= 4 is 17.6 Å². The summed E-state index contributed by atoms with van der Waals surface area (Å²) in [5, 5.41) is 15.2. The third kappa shape index (κ3) is 2.48. The van der Waals surface area contributed by atoms with E-state index in [0.717, 1.165) is 11.3 Å². The zero-order valence-electron chi connectivity index (χ0n) is 11.8. The average molecular weight is 276 g/mol. The molecule has 0 fully saturated rings. The lowest BCUT2D eigenvalue weighted by atomic mass is 9.92. The molecule has 0 radical (unpaired) electrons. The molecular weight excluding hydrogens is 256 g/mol. The van der Waals surface area contributed by atoms with Crippen LogP contribution in [-0.2, 0) is 16.0 Å². The molecule has 1 aliphatic rings. The molecule has 108 valence electrons. The summed E-state index contributed by atoms with van der Waals surface area (Å²) in [6.45, 7) is 3.55. The fraction of sp³-hybridized carbons (Fsp3) is 0.467. The molecular formula is C15H20N2O3. The van der Waals surface area contributed by atoms with Gasteiger partial charge in [-0.15, -0.1) is 0 Å². The van der Waals surface area contributed by atoms with E-state index < -0.39 is 17.6 Å². The van der Waals surface area contributed by atoms with Crippen LogP contribution >= 0.6 is 0 Å². The lowest BCUT2D eigenvalue weighted by Crippen LogP contribution is -2.57.